The van der Waals surface area contributed by atoms with Crippen molar-refractivity contribution in [2.45, 2.75) is 34.5 Å². The Morgan fingerprint density at radius 3 is 1.18 bits per heavy atom. The Balaban J connectivity index is 2.58. The largest absolute Gasteiger partial charge is 0.592 e. The minimum atomic E-state index is -5.58. The summed E-state index contributed by atoms with van der Waals surface area (Å²) < 4.78 is 193. The SMILES string of the molecule is O=S(=O)(N[S+]([O-])c1cc(C(F)(F)F)cc(C(F)(F)F)c1)c1cc(C(F)(F)F)cc(C(F)(F)F)c1. The first-order valence-electron chi connectivity index (χ1n) is 8.05. The zero-order valence-electron chi connectivity index (χ0n) is 15.5. The first-order valence-corrected chi connectivity index (χ1v) is 10.7. The summed E-state index contributed by atoms with van der Waals surface area (Å²) in [6.45, 7) is 0. The van der Waals surface area contributed by atoms with Gasteiger partial charge in [-0.1, -0.05) is 0 Å². The molecule has 0 spiro atoms. The monoisotopic (exact) mass is 553 g/mol. The summed E-state index contributed by atoms with van der Waals surface area (Å²) in [7, 11) is -5.58. The molecule has 0 heterocycles. The van der Waals surface area contributed by atoms with E-state index in [1.807, 2.05) is 0 Å². The number of hydrogen-bond donors (Lipinski definition) is 1. The summed E-state index contributed by atoms with van der Waals surface area (Å²) in [5.41, 5.74) is -8.18. The number of alkyl halides is 12. The van der Waals surface area contributed by atoms with E-state index in [9.17, 15) is 65.7 Å². The van der Waals surface area contributed by atoms with Crippen LogP contribution in [-0.2, 0) is 46.1 Å². The third kappa shape index (κ3) is 6.70. The topological polar surface area (TPSA) is 69.2 Å². The average molecular weight is 553 g/mol. The molecule has 0 amide bonds. The average Bonchev–Trinajstić information content (AvgIpc) is 2.64. The van der Waals surface area contributed by atoms with Crippen molar-refractivity contribution in [3.05, 3.63) is 58.7 Å². The molecule has 34 heavy (non-hydrogen) atoms. The predicted octanol–water partition coefficient (Wildman–Crippen LogP) is 5.76. The first kappa shape index (κ1) is 28.1. The summed E-state index contributed by atoms with van der Waals surface area (Å²) in [4.78, 5) is -3.17. The quantitative estimate of drug-likeness (QED) is 0.387. The molecule has 0 bridgehead atoms. The van der Waals surface area contributed by atoms with E-state index in [2.05, 4.69) is 0 Å². The van der Waals surface area contributed by atoms with Gasteiger partial charge >= 0.3 is 24.7 Å². The highest BCUT2D eigenvalue weighted by Crippen LogP contribution is 2.39. The van der Waals surface area contributed by atoms with Crippen LogP contribution in [0.2, 0.25) is 0 Å². The lowest BCUT2D eigenvalue weighted by molar-refractivity contribution is -0.145. The van der Waals surface area contributed by atoms with E-state index in [1.54, 1.807) is 0 Å². The molecule has 0 aliphatic carbocycles. The zero-order chi connectivity index (χ0) is 26.5. The summed E-state index contributed by atoms with van der Waals surface area (Å²) >= 11 is -3.50. The number of benzene rings is 2. The van der Waals surface area contributed by atoms with Crippen molar-refractivity contribution in [2.75, 3.05) is 0 Å². The van der Waals surface area contributed by atoms with Crippen molar-refractivity contribution >= 4 is 21.4 Å². The molecule has 0 saturated carbocycles. The van der Waals surface area contributed by atoms with E-state index in [1.165, 1.54) is 0 Å². The van der Waals surface area contributed by atoms with Crippen LogP contribution in [0.15, 0.2) is 46.2 Å². The van der Waals surface area contributed by atoms with Gasteiger partial charge in [0, 0.05) is 12.1 Å². The number of rotatable bonds is 4. The molecule has 190 valence electrons. The second-order valence-electron chi connectivity index (χ2n) is 6.34. The molecule has 1 atom stereocenters. The fraction of sp³-hybridized carbons (Fsp3) is 0.250. The molecule has 0 aliphatic heterocycles. The molecule has 0 aliphatic rings. The minimum absolute atomic E-state index is 0.138. The van der Waals surface area contributed by atoms with Gasteiger partial charge < -0.3 is 4.55 Å². The lowest BCUT2D eigenvalue weighted by Crippen LogP contribution is -2.31. The molecule has 1 N–H and O–H groups in total. The summed E-state index contributed by atoms with van der Waals surface area (Å²) in [5, 5.41) is 0. The zero-order valence-corrected chi connectivity index (χ0v) is 17.2. The summed E-state index contributed by atoms with van der Waals surface area (Å²) in [6, 6.07) is -1.66. The molecule has 0 radical (unpaired) electrons. The van der Waals surface area contributed by atoms with Crippen LogP contribution >= 0.6 is 0 Å². The van der Waals surface area contributed by atoms with Crippen LogP contribution in [0, 0.1) is 0 Å². The molecule has 2 aromatic rings. The van der Waals surface area contributed by atoms with Crippen molar-refractivity contribution in [1.29, 1.82) is 0 Å². The number of hydrogen-bond acceptors (Lipinski definition) is 3. The van der Waals surface area contributed by atoms with Crippen molar-refractivity contribution in [2.24, 2.45) is 0 Å². The molecule has 2 aromatic carbocycles. The minimum Gasteiger partial charge on any atom is -0.592 e. The van der Waals surface area contributed by atoms with Crippen molar-refractivity contribution in [3.63, 3.8) is 0 Å². The van der Waals surface area contributed by atoms with Gasteiger partial charge in [-0.05, 0) is 28.4 Å². The Labute approximate surface area is 184 Å². The molecule has 4 nitrogen and oxygen atoms in total. The second-order valence-corrected chi connectivity index (χ2v) is 9.49. The van der Waals surface area contributed by atoms with Gasteiger partial charge in [0.15, 0.2) is 4.90 Å². The van der Waals surface area contributed by atoms with Crippen LogP contribution < -0.4 is 4.13 Å². The lowest BCUT2D eigenvalue weighted by atomic mass is 10.1. The Bertz CT molecular complexity index is 1100. The highest BCUT2D eigenvalue weighted by Gasteiger charge is 2.41. The molecule has 0 fully saturated rings. The van der Waals surface area contributed by atoms with E-state index in [4.69, 9.17) is 0 Å². The standard InChI is InChI=1S/C16H7F12NO3S2/c17-13(18,19)7-1-8(14(20,21)22)4-11(3-7)33(30)29-34(31,32)12-5-9(15(23,24)25)2-10(6-12)16(26,27)28/h1-6,29H. The number of halogens is 12. The van der Waals surface area contributed by atoms with Gasteiger partial charge in [-0.25, -0.2) is 8.42 Å². The summed E-state index contributed by atoms with van der Waals surface area (Å²) in [5.74, 6) is 0. The van der Waals surface area contributed by atoms with Gasteiger partial charge in [-0.3, -0.25) is 0 Å². The molecular weight excluding hydrogens is 546 g/mol. The molecule has 18 heteroatoms. The Morgan fingerprint density at radius 1 is 0.588 bits per heavy atom. The molecule has 2 rings (SSSR count). The van der Waals surface area contributed by atoms with Crippen LogP contribution in [0.5, 0.6) is 0 Å². The molecular formula is C16H7F12NO3S2. The van der Waals surface area contributed by atoms with E-state index in [0.29, 0.717) is 0 Å². The van der Waals surface area contributed by atoms with Gasteiger partial charge in [-0.2, -0.15) is 52.7 Å². The Morgan fingerprint density at radius 2 is 0.882 bits per heavy atom. The Hall–Kier alpha value is -2.18. The lowest BCUT2D eigenvalue weighted by Gasteiger charge is -2.17. The van der Waals surface area contributed by atoms with Gasteiger partial charge in [0.2, 0.25) is 0 Å². The van der Waals surface area contributed by atoms with Crippen molar-refractivity contribution in [3.8, 4) is 0 Å². The maximum absolute atomic E-state index is 12.9. The molecule has 0 aromatic heterocycles. The van der Waals surface area contributed by atoms with E-state index in [-0.39, 0.29) is 30.3 Å². The van der Waals surface area contributed by atoms with E-state index < -0.39 is 84.2 Å². The van der Waals surface area contributed by atoms with E-state index >= 15 is 0 Å². The van der Waals surface area contributed by atoms with Gasteiger partial charge in [0.25, 0.3) is 10.0 Å². The maximum Gasteiger partial charge on any atom is 0.416 e. The first-order chi connectivity index (χ1) is 15.0. The van der Waals surface area contributed by atoms with Crippen LogP contribution in [0.1, 0.15) is 22.3 Å². The van der Waals surface area contributed by atoms with Gasteiger partial charge in [0.1, 0.15) is 0 Å². The van der Waals surface area contributed by atoms with Crippen LogP contribution in [0.4, 0.5) is 52.7 Å². The third-order valence-corrected chi connectivity index (χ3v) is 6.84. The predicted molar refractivity (Wildman–Crippen MR) is 89.6 cm³/mol. The highest BCUT2D eigenvalue weighted by atomic mass is 32.3. The maximum atomic E-state index is 12.9. The van der Waals surface area contributed by atoms with E-state index in [0.717, 1.165) is 4.13 Å². The summed E-state index contributed by atoms with van der Waals surface area (Å²) in [6.07, 6.45) is -21.8. The smallest absolute Gasteiger partial charge is 0.416 e. The molecule has 0 saturated heterocycles. The van der Waals surface area contributed by atoms with Crippen molar-refractivity contribution < 1.29 is 65.7 Å². The fourth-order valence-electron chi connectivity index (χ4n) is 2.31. The van der Waals surface area contributed by atoms with Gasteiger partial charge in [0.05, 0.1) is 38.5 Å². The van der Waals surface area contributed by atoms with Crippen LogP contribution in [0.25, 0.3) is 0 Å². The van der Waals surface area contributed by atoms with Crippen LogP contribution in [0.3, 0.4) is 0 Å². The van der Waals surface area contributed by atoms with Gasteiger partial charge in [-0.15, -0.1) is 0 Å². The highest BCUT2D eigenvalue weighted by molar-refractivity contribution is 8.04. The molecule has 1 unspecified atom stereocenters. The third-order valence-electron chi connectivity index (χ3n) is 3.83. The van der Waals surface area contributed by atoms with Crippen molar-refractivity contribution in [1.82, 2.24) is 4.13 Å². The Kier molecular flexibility index (Phi) is 7.26. The number of nitrogens with one attached hydrogen (secondary N) is 1. The fourth-order valence-corrected chi connectivity index (χ4v) is 4.91. The normalized spacial score (nSPS) is 14.9. The number of sulfonamides is 1. The second kappa shape index (κ2) is 8.80. The van der Waals surface area contributed by atoms with Crippen LogP contribution in [-0.4, -0.2) is 13.0 Å².